The number of aromatic nitrogens is 2. The van der Waals surface area contributed by atoms with Crippen molar-refractivity contribution in [1.82, 2.24) is 10.2 Å². The minimum atomic E-state index is -1.15. The van der Waals surface area contributed by atoms with Crippen molar-refractivity contribution in [2.75, 3.05) is 0 Å². The summed E-state index contributed by atoms with van der Waals surface area (Å²) in [5, 5.41) is 17.2. The Balaban J connectivity index is 1.71. The van der Waals surface area contributed by atoms with Gasteiger partial charge < -0.3 is 9.84 Å². The van der Waals surface area contributed by atoms with Crippen LogP contribution < -0.4 is 4.74 Å². The number of carboxylic acid groups (broad SMARTS) is 1. The minimum Gasteiger partial charge on any atom is -0.488 e. The standard InChI is InChI=1S/C23H17ClF2N2O3/c24-15-5-7-22(31-12-13-4-6-16(25)10-20(13)26)19(9-15)18-3-1-2-17(18)14-8-21(23(29)30)28-27-11-14/h4-11H,1-3,12H2,(H,29,30). The largest absolute Gasteiger partial charge is 0.488 e. The molecule has 0 saturated heterocycles. The van der Waals surface area contributed by atoms with Crippen molar-refractivity contribution in [2.24, 2.45) is 0 Å². The molecule has 0 atom stereocenters. The van der Waals surface area contributed by atoms with E-state index in [1.54, 1.807) is 18.2 Å². The van der Waals surface area contributed by atoms with Gasteiger partial charge in [-0.25, -0.2) is 13.6 Å². The molecule has 2 aromatic carbocycles. The van der Waals surface area contributed by atoms with Crippen LogP contribution in [0.5, 0.6) is 5.75 Å². The van der Waals surface area contributed by atoms with E-state index in [2.05, 4.69) is 10.2 Å². The molecule has 5 nitrogen and oxygen atoms in total. The van der Waals surface area contributed by atoms with E-state index in [0.717, 1.165) is 42.0 Å². The van der Waals surface area contributed by atoms with Crippen molar-refractivity contribution >= 4 is 28.7 Å². The SMILES string of the molecule is O=C(O)c1cc(C2=C(c3cc(Cl)ccc3OCc3ccc(F)cc3F)CCC2)cnn1. The number of rotatable bonds is 6. The summed E-state index contributed by atoms with van der Waals surface area (Å²) in [4.78, 5) is 11.3. The van der Waals surface area contributed by atoms with Crippen LogP contribution in [-0.4, -0.2) is 21.3 Å². The van der Waals surface area contributed by atoms with Crippen molar-refractivity contribution in [3.05, 3.63) is 87.7 Å². The lowest BCUT2D eigenvalue weighted by Gasteiger charge is -2.15. The summed E-state index contributed by atoms with van der Waals surface area (Å²) in [6.07, 6.45) is 3.88. The average molecular weight is 443 g/mol. The van der Waals surface area contributed by atoms with Crippen molar-refractivity contribution in [2.45, 2.75) is 25.9 Å². The lowest BCUT2D eigenvalue weighted by Crippen LogP contribution is -2.03. The van der Waals surface area contributed by atoms with Crippen LogP contribution in [0.15, 0.2) is 48.7 Å². The Hall–Kier alpha value is -3.32. The zero-order valence-corrected chi connectivity index (χ0v) is 17.0. The van der Waals surface area contributed by atoms with E-state index in [-0.39, 0.29) is 17.9 Å². The molecule has 0 aliphatic heterocycles. The molecule has 8 heteroatoms. The first-order valence-electron chi connectivity index (χ1n) is 9.57. The molecule has 1 N–H and O–H groups in total. The van der Waals surface area contributed by atoms with Crippen molar-refractivity contribution in [3.8, 4) is 5.75 Å². The van der Waals surface area contributed by atoms with Gasteiger partial charge >= 0.3 is 5.97 Å². The normalized spacial score (nSPS) is 13.5. The number of allylic oxidation sites excluding steroid dienone is 2. The predicted octanol–water partition coefficient (Wildman–Crippen LogP) is 5.78. The molecular formula is C23H17ClF2N2O3. The molecule has 0 unspecified atom stereocenters. The van der Waals surface area contributed by atoms with Gasteiger partial charge in [-0.05, 0) is 66.8 Å². The predicted molar refractivity (Wildman–Crippen MR) is 112 cm³/mol. The second kappa shape index (κ2) is 8.81. The first-order valence-corrected chi connectivity index (χ1v) is 9.95. The Bertz CT molecular complexity index is 1200. The summed E-state index contributed by atoms with van der Waals surface area (Å²) in [6.45, 7) is -0.0800. The van der Waals surface area contributed by atoms with E-state index in [1.807, 2.05) is 0 Å². The van der Waals surface area contributed by atoms with E-state index in [9.17, 15) is 18.7 Å². The molecule has 0 spiro atoms. The summed E-state index contributed by atoms with van der Waals surface area (Å²) in [5.74, 6) is -1.98. The maximum Gasteiger partial charge on any atom is 0.356 e. The number of benzene rings is 2. The lowest BCUT2D eigenvalue weighted by atomic mass is 9.97. The quantitative estimate of drug-likeness (QED) is 0.524. The Morgan fingerprint density at radius 3 is 2.68 bits per heavy atom. The number of carboxylic acids is 1. The van der Waals surface area contributed by atoms with Gasteiger partial charge in [-0.1, -0.05) is 11.6 Å². The topological polar surface area (TPSA) is 72.3 Å². The molecule has 0 fully saturated rings. The summed E-state index contributed by atoms with van der Waals surface area (Å²) >= 11 is 6.24. The molecule has 3 aromatic rings. The third-order valence-corrected chi connectivity index (χ3v) is 5.34. The Morgan fingerprint density at radius 2 is 1.90 bits per heavy atom. The highest BCUT2D eigenvalue weighted by atomic mass is 35.5. The van der Waals surface area contributed by atoms with Crippen molar-refractivity contribution in [1.29, 1.82) is 0 Å². The summed E-state index contributed by atoms with van der Waals surface area (Å²) in [6, 6.07) is 9.98. The van der Waals surface area contributed by atoms with Crippen LogP contribution in [0.3, 0.4) is 0 Å². The molecule has 31 heavy (non-hydrogen) atoms. The van der Waals surface area contributed by atoms with Gasteiger partial charge in [0.2, 0.25) is 0 Å². The van der Waals surface area contributed by atoms with E-state index in [0.29, 0.717) is 16.3 Å². The molecule has 1 heterocycles. The molecule has 0 radical (unpaired) electrons. The van der Waals surface area contributed by atoms with Gasteiger partial charge in [0, 0.05) is 27.8 Å². The number of aromatic carboxylic acids is 1. The number of nitrogens with zero attached hydrogens (tertiary/aromatic N) is 2. The Morgan fingerprint density at radius 1 is 1.10 bits per heavy atom. The minimum absolute atomic E-state index is 0.0800. The third kappa shape index (κ3) is 4.56. The van der Waals surface area contributed by atoms with Crippen LogP contribution in [0.4, 0.5) is 8.78 Å². The van der Waals surface area contributed by atoms with Crippen molar-refractivity contribution in [3.63, 3.8) is 0 Å². The van der Waals surface area contributed by atoms with E-state index in [4.69, 9.17) is 16.3 Å². The fourth-order valence-electron chi connectivity index (χ4n) is 3.65. The van der Waals surface area contributed by atoms with Gasteiger partial charge in [0.1, 0.15) is 24.0 Å². The zero-order chi connectivity index (χ0) is 22.0. The maximum absolute atomic E-state index is 14.0. The highest BCUT2D eigenvalue weighted by Crippen LogP contribution is 2.43. The fourth-order valence-corrected chi connectivity index (χ4v) is 3.83. The second-order valence-electron chi connectivity index (χ2n) is 7.11. The van der Waals surface area contributed by atoms with Gasteiger partial charge in [-0.2, -0.15) is 5.10 Å². The number of halogens is 3. The average Bonchev–Trinajstić information content (AvgIpc) is 3.23. The zero-order valence-electron chi connectivity index (χ0n) is 16.2. The van der Waals surface area contributed by atoms with E-state index >= 15 is 0 Å². The first kappa shape index (κ1) is 20.9. The summed E-state index contributed by atoms with van der Waals surface area (Å²) < 4.78 is 33.0. The lowest BCUT2D eigenvalue weighted by molar-refractivity contribution is 0.0689. The van der Waals surface area contributed by atoms with Crippen LogP contribution in [0.2, 0.25) is 5.02 Å². The maximum atomic E-state index is 14.0. The Kier molecular flexibility index (Phi) is 5.95. The number of carbonyl (C=O) groups is 1. The second-order valence-corrected chi connectivity index (χ2v) is 7.55. The van der Waals surface area contributed by atoms with Gasteiger partial charge in [-0.3, -0.25) is 0 Å². The van der Waals surface area contributed by atoms with Gasteiger partial charge in [-0.15, -0.1) is 5.10 Å². The fraction of sp³-hybridized carbons (Fsp3) is 0.174. The van der Waals surface area contributed by atoms with E-state index in [1.165, 1.54) is 24.4 Å². The third-order valence-electron chi connectivity index (χ3n) is 5.10. The molecule has 158 valence electrons. The van der Waals surface area contributed by atoms with Gasteiger partial charge in [0.05, 0.1) is 6.20 Å². The van der Waals surface area contributed by atoms with Gasteiger partial charge in [0.25, 0.3) is 0 Å². The van der Waals surface area contributed by atoms with Crippen LogP contribution in [0, 0.1) is 11.6 Å². The van der Waals surface area contributed by atoms with Crippen molar-refractivity contribution < 1.29 is 23.4 Å². The van der Waals surface area contributed by atoms with Crippen LogP contribution >= 0.6 is 11.6 Å². The smallest absolute Gasteiger partial charge is 0.356 e. The van der Waals surface area contributed by atoms with Crippen LogP contribution in [0.1, 0.15) is 46.4 Å². The Labute approximate surface area is 182 Å². The summed E-state index contributed by atoms with van der Waals surface area (Å²) in [7, 11) is 0. The first-order chi connectivity index (χ1) is 14.9. The van der Waals surface area contributed by atoms with Crippen LogP contribution in [-0.2, 0) is 6.61 Å². The number of ether oxygens (including phenoxy) is 1. The molecule has 0 bridgehead atoms. The van der Waals surface area contributed by atoms with E-state index < -0.39 is 17.6 Å². The monoisotopic (exact) mass is 442 g/mol. The molecule has 1 aliphatic carbocycles. The molecule has 0 amide bonds. The van der Waals surface area contributed by atoms with Crippen LogP contribution in [0.25, 0.3) is 11.1 Å². The molecule has 4 rings (SSSR count). The highest BCUT2D eigenvalue weighted by molar-refractivity contribution is 6.30. The van der Waals surface area contributed by atoms with Gasteiger partial charge in [0.15, 0.2) is 5.69 Å². The molecule has 1 aliphatic rings. The summed E-state index contributed by atoms with van der Waals surface area (Å²) in [5.41, 5.74) is 3.42. The number of hydrogen-bond donors (Lipinski definition) is 1. The highest BCUT2D eigenvalue weighted by Gasteiger charge is 2.22. The molecule has 0 saturated carbocycles. The molecule has 1 aromatic heterocycles. The number of hydrogen-bond acceptors (Lipinski definition) is 4. The molecular weight excluding hydrogens is 426 g/mol.